The molecule has 0 amide bonds. The number of nitrogens with one attached hydrogen (secondary N) is 1. The van der Waals surface area contributed by atoms with Gasteiger partial charge in [0.15, 0.2) is 0 Å². The van der Waals surface area contributed by atoms with Gasteiger partial charge in [0.05, 0.1) is 23.3 Å². The van der Waals surface area contributed by atoms with E-state index in [9.17, 15) is 9.90 Å². The maximum Gasteiger partial charge on any atom is 0.339 e. The van der Waals surface area contributed by atoms with Gasteiger partial charge in [-0.05, 0) is 33.8 Å². The topological polar surface area (TPSA) is 80.0 Å². The van der Waals surface area contributed by atoms with Crippen molar-refractivity contribution < 1.29 is 9.90 Å². The van der Waals surface area contributed by atoms with Gasteiger partial charge >= 0.3 is 5.97 Å². The van der Waals surface area contributed by atoms with Gasteiger partial charge in [-0.15, -0.1) is 0 Å². The van der Waals surface area contributed by atoms with Gasteiger partial charge in [0, 0.05) is 17.9 Å². The number of hydrogen-bond donors (Lipinski definition) is 2. The molecule has 2 rings (SSSR count). The Hall–Kier alpha value is -2.37. The molecular weight excluding hydrogens is 256 g/mol. The summed E-state index contributed by atoms with van der Waals surface area (Å²) in [5.41, 5.74) is 2.74. The van der Waals surface area contributed by atoms with Crippen LogP contribution in [0.25, 0.3) is 0 Å². The molecule has 106 valence electrons. The normalized spacial score (nSPS) is 10.8. The molecule has 0 saturated carbocycles. The Morgan fingerprint density at radius 3 is 2.65 bits per heavy atom. The van der Waals surface area contributed by atoms with E-state index in [0.717, 1.165) is 11.4 Å². The third-order valence-corrected chi connectivity index (χ3v) is 2.95. The summed E-state index contributed by atoms with van der Waals surface area (Å²) in [5.74, 6) is -0.992. The van der Waals surface area contributed by atoms with E-state index in [4.69, 9.17) is 0 Å². The van der Waals surface area contributed by atoms with E-state index in [0.29, 0.717) is 11.4 Å². The van der Waals surface area contributed by atoms with Crippen LogP contribution in [0.15, 0.2) is 18.5 Å². The van der Waals surface area contributed by atoms with Crippen molar-refractivity contribution in [3.8, 4) is 0 Å². The molecule has 0 radical (unpaired) electrons. The number of carboxylic acids is 1. The molecule has 0 atom stereocenters. The lowest BCUT2D eigenvalue weighted by Gasteiger charge is -2.11. The van der Waals surface area contributed by atoms with Crippen LogP contribution in [0.1, 0.15) is 41.6 Å². The van der Waals surface area contributed by atoms with Crippen molar-refractivity contribution in [3.05, 3.63) is 35.4 Å². The lowest BCUT2D eigenvalue weighted by atomic mass is 10.1. The highest BCUT2D eigenvalue weighted by atomic mass is 16.4. The van der Waals surface area contributed by atoms with Gasteiger partial charge in [0.2, 0.25) is 0 Å². The van der Waals surface area contributed by atoms with Crippen molar-refractivity contribution in [1.82, 2.24) is 14.8 Å². The summed E-state index contributed by atoms with van der Waals surface area (Å²) >= 11 is 0. The van der Waals surface area contributed by atoms with E-state index >= 15 is 0 Å². The molecule has 2 N–H and O–H groups in total. The highest BCUT2D eigenvalue weighted by Crippen LogP contribution is 2.24. The largest absolute Gasteiger partial charge is 0.478 e. The van der Waals surface area contributed by atoms with E-state index in [2.05, 4.69) is 15.4 Å². The Labute approximate surface area is 117 Å². The van der Waals surface area contributed by atoms with Gasteiger partial charge in [0.1, 0.15) is 5.56 Å². The lowest BCUT2D eigenvalue weighted by molar-refractivity contribution is 0.0696. The number of hydrogen-bond acceptors (Lipinski definition) is 4. The van der Waals surface area contributed by atoms with E-state index < -0.39 is 5.97 Å². The highest BCUT2D eigenvalue weighted by Gasteiger charge is 2.16. The molecule has 0 bridgehead atoms. The van der Waals surface area contributed by atoms with Crippen LogP contribution in [0, 0.1) is 13.8 Å². The number of aromatic carboxylic acids is 1. The molecule has 0 fully saturated rings. The molecule has 20 heavy (non-hydrogen) atoms. The molecule has 0 spiro atoms. The molecule has 0 saturated heterocycles. The van der Waals surface area contributed by atoms with Gasteiger partial charge in [-0.1, -0.05) is 0 Å². The Morgan fingerprint density at radius 1 is 1.40 bits per heavy atom. The molecule has 6 heteroatoms. The maximum absolute atomic E-state index is 11.4. The zero-order valence-corrected chi connectivity index (χ0v) is 12.0. The quantitative estimate of drug-likeness (QED) is 0.896. The van der Waals surface area contributed by atoms with Crippen LogP contribution in [-0.2, 0) is 0 Å². The number of carbonyl (C=O) groups is 1. The Morgan fingerprint density at radius 2 is 2.10 bits per heavy atom. The van der Waals surface area contributed by atoms with Crippen LogP contribution >= 0.6 is 0 Å². The van der Waals surface area contributed by atoms with Gasteiger partial charge in [0.25, 0.3) is 0 Å². The molecule has 0 unspecified atom stereocenters. The van der Waals surface area contributed by atoms with E-state index in [1.54, 1.807) is 19.2 Å². The second kappa shape index (κ2) is 5.32. The first-order valence-electron chi connectivity index (χ1n) is 6.41. The first-order chi connectivity index (χ1) is 9.38. The number of anilines is 2. The molecular formula is C14H18N4O2. The van der Waals surface area contributed by atoms with Crippen molar-refractivity contribution in [3.63, 3.8) is 0 Å². The zero-order valence-electron chi connectivity index (χ0n) is 12.0. The average molecular weight is 274 g/mol. The summed E-state index contributed by atoms with van der Waals surface area (Å²) < 4.78 is 1.81. The van der Waals surface area contributed by atoms with Crippen LogP contribution in [-0.4, -0.2) is 25.8 Å². The summed E-state index contributed by atoms with van der Waals surface area (Å²) in [6, 6.07) is 1.98. The van der Waals surface area contributed by atoms with E-state index in [1.807, 2.05) is 31.6 Å². The number of nitrogens with zero attached hydrogens (tertiary/aromatic N) is 3. The summed E-state index contributed by atoms with van der Waals surface area (Å²) in [4.78, 5) is 15.5. The van der Waals surface area contributed by atoms with Crippen molar-refractivity contribution >= 4 is 17.3 Å². The van der Waals surface area contributed by atoms with Crippen LogP contribution < -0.4 is 5.32 Å². The Bertz CT molecular complexity index is 647. The van der Waals surface area contributed by atoms with Gasteiger partial charge in [-0.3, -0.25) is 9.67 Å². The average Bonchev–Trinajstić information content (AvgIpc) is 2.75. The van der Waals surface area contributed by atoms with E-state index in [-0.39, 0.29) is 11.6 Å². The van der Waals surface area contributed by atoms with Crippen molar-refractivity contribution in [2.75, 3.05) is 5.32 Å². The number of pyridine rings is 1. The fourth-order valence-corrected chi connectivity index (χ4v) is 2.04. The Balaban J connectivity index is 2.39. The minimum atomic E-state index is -0.992. The van der Waals surface area contributed by atoms with Crippen molar-refractivity contribution in [2.45, 2.75) is 33.7 Å². The minimum Gasteiger partial charge on any atom is -0.478 e. The number of rotatable bonds is 4. The summed E-state index contributed by atoms with van der Waals surface area (Å²) in [6.07, 6.45) is 3.53. The second-order valence-electron chi connectivity index (χ2n) is 5.00. The fraction of sp³-hybridized carbons (Fsp3) is 0.357. The minimum absolute atomic E-state index is 0.188. The number of aromatic nitrogens is 3. The smallest absolute Gasteiger partial charge is 0.339 e. The van der Waals surface area contributed by atoms with E-state index in [1.165, 1.54) is 0 Å². The molecule has 2 aromatic rings. The highest BCUT2D eigenvalue weighted by molar-refractivity contribution is 5.96. The maximum atomic E-state index is 11.4. The predicted molar refractivity (Wildman–Crippen MR) is 76.6 cm³/mol. The molecule has 0 aliphatic heterocycles. The Kier molecular flexibility index (Phi) is 3.74. The first kappa shape index (κ1) is 14.0. The van der Waals surface area contributed by atoms with Crippen LogP contribution in [0.5, 0.6) is 0 Å². The summed E-state index contributed by atoms with van der Waals surface area (Å²) in [7, 11) is 0. The standard InChI is InChI=1S/C14H18N4O2/c1-8(2)18-7-11(6-15-18)17-12-5-9(3)16-10(4)13(12)14(19)20/h5-8H,1-4H3,(H,16,17)(H,19,20). The van der Waals surface area contributed by atoms with Crippen molar-refractivity contribution in [1.29, 1.82) is 0 Å². The van der Waals surface area contributed by atoms with Crippen LogP contribution in [0.2, 0.25) is 0 Å². The fourth-order valence-electron chi connectivity index (χ4n) is 2.04. The lowest BCUT2D eigenvalue weighted by Crippen LogP contribution is -2.08. The molecule has 0 aliphatic carbocycles. The predicted octanol–water partition coefficient (Wildman–Crippen LogP) is 2.92. The van der Waals surface area contributed by atoms with Crippen molar-refractivity contribution in [2.24, 2.45) is 0 Å². The first-order valence-corrected chi connectivity index (χ1v) is 6.41. The molecule has 0 aliphatic rings. The molecule has 0 aromatic carbocycles. The second-order valence-corrected chi connectivity index (χ2v) is 5.00. The molecule has 2 heterocycles. The monoisotopic (exact) mass is 274 g/mol. The third kappa shape index (κ3) is 2.79. The van der Waals surface area contributed by atoms with Gasteiger partial charge < -0.3 is 10.4 Å². The summed E-state index contributed by atoms with van der Waals surface area (Å²) in [5, 5.41) is 16.6. The third-order valence-electron chi connectivity index (χ3n) is 2.95. The van der Waals surface area contributed by atoms with Crippen LogP contribution in [0.4, 0.5) is 11.4 Å². The SMILES string of the molecule is Cc1cc(Nc2cnn(C(C)C)c2)c(C(=O)O)c(C)n1. The number of aryl methyl sites for hydroxylation is 2. The summed E-state index contributed by atoms with van der Waals surface area (Å²) in [6.45, 7) is 7.58. The zero-order chi connectivity index (χ0) is 14.9. The number of carboxylic acid groups (broad SMARTS) is 1. The molecule has 6 nitrogen and oxygen atoms in total. The van der Waals surface area contributed by atoms with Gasteiger partial charge in [-0.25, -0.2) is 4.79 Å². The molecule has 2 aromatic heterocycles. The van der Waals surface area contributed by atoms with Crippen LogP contribution in [0.3, 0.4) is 0 Å². The van der Waals surface area contributed by atoms with Gasteiger partial charge in [-0.2, -0.15) is 5.10 Å².